The molecule has 1 N–H and O–H groups in total. The van der Waals surface area contributed by atoms with Crippen LogP contribution < -0.4 is 4.74 Å². The molecule has 1 aromatic rings. The van der Waals surface area contributed by atoms with Gasteiger partial charge in [0.15, 0.2) is 0 Å². The van der Waals surface area contributed by atoms with Crippen molar-refractivity contribution in [3.05, 3.63) is 29.8 Å². The highest BCUT2D eigenvalue weighted by molar-refractivity contribution is 5.73. The fraction of sp³-hybridized carbons (Fsp3) is 0.417. The molecule has 1 rings (SSSR count). The van der Waals surface area contributed by atoms with E-state index in [1.54, 1.807) is 26.1 Å². The summed E-state index contributed by atoms with van der Waals surface area (Å²) in [5.74, 6) is -0.0266. The van der Waals surface area contributed by atoms with Crippen LogP contribution in [0.5, 0.6) is 5.75 Å². The number of hydrogen-bond donors (Lipinski definition) is 1. The summed E-state index contributed by atoms with van der Waals surface area (Å²) in [4.78, 5) is 12.7. The first-order valence-electron chi connectivity index (χ1n) is 5.06. The second-order valence-electron chi connectivity index (χ2n) is 3.87. The maximum atomic E-state index is 11.0. The summed E-state index contributed by atoms with van der Waals surface area (Å²) in [6, 6.07) is 6.96. The van der Waals surface area contributed by atoms with E-state index < -0.39 is 12.0 Å². The van der Waals surface area contributed by atoms with E-state index in [4.69, 9.17) is 9.84 Å². The van der Waals surface area contributed by atoms with Crippen LogP contribution >= 0.6 is 0 Å². The highest BCUT2D eigenvalue weighted by Gasteiger charge is 2.19. The zero-order valence-electron chi connectivity index (χ0n) is 9.80. The Balaban J connectivity index is 2.74. The van der Waals surface area contributed by atoms with Crippen molar-refractivity contribution >= 4 is 5.97 Å². The summed E-state index contributed by atoms with van der Waals surface area (Å²) in [5.41, 5.74) is 0.988. The molecule has 88 valence electrons. The summed E-state index contributed by atoms with van der Waals surface area (Å²) < 4.78 is 5.04. The Labute approximate surface area is 95.5 Å². The lowest BCUT2D eigenvalue weighted by atomic mass is 10.1. The van der Waals surface area contributed by atoms with Gasteiger partial charge in [-0.1, -0.05) is 12.1 Å². The van der Waals surface area contributed by atoms with Gasteiger partial charge in [-0.2, -0.15) is 0 Å². The molecule has 0 saturated carbocycles. The van der Waals surface area contributed by atoms with Crippen LogP contribution in [-0.2, 0) is 11.2 Å². The third-order valence-electron chi connectivity index (χ3n) is 2.50. The van der Waals surface area contributed by atoms with Gasteiger partial charge in [0.25, 0.3) is 0 Å². The zero-order valence-corrected chi connectivity index (χ0v) is 9.80. The quantitative estimate of drug-likeness (QED) is 0.816. The largest absolute Gasteiger partial charge is 0.497 e. The fourth-order valence-corrected chi connectivity index (χ4v) is 1.48. The lowest BCUT2D eigenvalue weighted by molar-refractivity contribution is -0.142. The Hall–Kier alpha value is -1.55. The maximum absolute atomic E-state index is 11.0. The lowest BCUT2D eigenvalue weighted by Crippen LogP contribution is -2.37. The van der Waals surface area contributed by atoms with Crippen LogP contribution in [0.15, 0.2) is 24.3 Å². The SMILES string of the molecule is COc1ccc(CC(C(=O)O)N(C)C)cc1. The van der Waals surface area contributed by atoms with Crippen molar-refractivity contribution in [1.29, 1.82) is 0 Å². The molecule has 1 aromatic carbocycles. The third kappa shape index (κ3) is 3.24. The average Bonchev–Trinajstić information content (AvgIpc) is 2.25. The average molecular weight is 223 g/mol. The first-order chi connectivity index (χ1) is 7.54. The molecule has 0 spiro atoms. The van der Waals surface area contributed by atoms with E-state index in [1.165, 1.54) is 0 Å². The Kier molecular flexibility index (Phi) is 4.31. The van der Waals surface area contributed by atoms with Crippen molar-refractivity contribution in [3.8, 4) is 5.75 Å². The summed E-state index contributed by atoms with van der Waals surface area (Å²) in [6.07, 6.45) is 0.492. The van der Waals surface area contributed by atoms with E-state index >= 15 is 0 Å². The number of ether oxygens (including phenoxy) is 1. The smallest absolute Gasteiger partial charge is 0.321 e. The molecule has 0 aliphatic heterocycles. The van der Waals surface area contributed by atoms with Crippen LogP contribution in [0, 0.1) is 0 Å². The van der Waals surface area contributed by atoms with E-state index in [2.05, 4.69) is 0 Å². The van der Waals surface area contributed by atoms with Crippen molar-refractivity contribution in [2.24, 2.45) is 0 Å². The molecule has 0 aliphatic rings. The van der Waals surface area contributed by atoms with Gasteiger partial charge < -0.3 is 9.84 Å². The molecule has 4 nitrogen and oxygen atoms in total. The van der Waals surface area contributed by atoms with Gasteiger partial charge in [-0.25, -0.2) is 0 Å². The van der Waals surface area contributed by atoms with Gasteiger partial charge in [0.1, 0.15) is 11.8 Å². The van der Waals surface area contributed by atoms with Gasteiger partial charge in [-0.15, -0.1) is 0 Å². The number of carboxylic acids is 1. The normalized spacial score (nSPS) is 12.5. The van der Waals surface area contributed by atoms with Crippen LogP contribution in [0.4, 0.5) is 0 Å². The molecule has 1 unspecified atom stereocenters. The molecule has 4 heteroatoms. The predicted octanol–water partition coefficient (Wildman–Crippen LogP) is 1.25. The monoisotopic (exact) mass is 223 g/mol. The van der Waals surface area contributed by atoms with Gasteiger partial charge in [-0.3, -0.25) is 9.69 Å². The van der Waals surface area contributed by atoms with Crippen molar-refractivity contribution in [2.75, 3.05) is 21.2 Å². The van der Waals surface area contributed by atoms with E-state index in [-0.39, 0.29) is 0 Å². The highest BCUT2D eigenvalue weighted by Crippen LogP contribution is 2.13. The molecular weight excluding hydrogens is 206 g/mol. The molecular formula is C12H17NO3. The summed E-state index contributed by atoms with van der Waals surface area (Å²) >= 11 is 0. The van der Waals surface area contributed by atoms with Crippen LogP contribution in [0.1, 0.15) is 5.56 Å². The van der Waals surface area contributed by atoms with Gasteiger partial charge >= 0.3 is 5.97 Å². The number of benzene rings is 1. The van der Waals surface area contributed by atoms with E-state index in [0.29, 0.717) is 6.42 Å². The van der Waals surface area contributed by atoms with Crippen molar-refractivity contribution in [2.45, 2.75) is 12.5 Å². The molecule has 16 heavy (non-hydrogen) atoms. The molecule has 0 aliphatic carbocycles. The van der Waals surface area contributed by atoms with E-state index in [9.17, 15) is 4.79 Å². The number of likely N-dealkylation sites (N-methyl/N-ethyl adjacent to an activating group) is 1. The summed E-state index contributed by atoms with van der Waals surface area (Å²) in [7, 11) is 5.14. The molecule has 0 fully saturated rings. The molecule has 0 heterocycles. The number of hydrogen-bond acceptors (Lipinski definition) is 3. The Morgan fingerprint density at radius 3 is 2.31 bits per heavy atom. The van der Waals surface area contributed by atoms with Crippen molar-refractivity contribution in [3.63, 3.8) is 0 Å². The second kappa shape index (κ2) is 5.51. The Bertz CT molecular complexity index is 346. The van der Waals surface area contributed by atoms with Crippen molar-refractivity contribution in [1.82, 2.24) is 4.90 Å². The number of rotatable bonds is 5. The Morgan fingerprint density at radius 1 is 1.38 bits per heavy atom. The second-order valence-corrected chi connectivity index (χ2v) is 3.87. The minimum atomic E-state index is -0.805. The maximum Gasteiger partial charge on any atom is 0.321 e. The Morgan fingerprint density at radius 2 is 1.94 bits per heavy atom. The lowest BCUT2D eigenvalue weighted by Gasteiger charge is -2.19. The van der Waals surface area contributed by atoms with Crippen molar-refractivity contribution < 1.29 is 14.6 Å². The van der Waals surface area contributed by atoms with E-state index in [0.717, 1.165) is 11.3 Å². The topological polar surface area (TPSA) is 49.8 Å². The van der Waals surface area contributed by atoms with Crippen LogP contribution in [0.2, 0.25) is 0 Å². The van der Waals surface area contributed by atoms with Gasteiger partial charge in [-0.05, 0) is 38.2 Å². The number of methoxy groups -OCH3 is 1. The highest BCUT2D eigenvalue weighted by atomic mass is 16.5. The van der Waals surface area contributed by atoms with Gasteiger partial charge in [0, 0.05) is 0 Å². The minimum absolute atomic E-state index is 0.492. The molecule has 0 saturated heterocycles. The fourth-order valence-electron chi connectivity index (χ4n) is 1.48. The molecule has 0 aromatic heterocycles. The first kappa shape index (κ1) is 12.5. The van der Waals surface area contributed by atoms with E-state index in [1.807, 2.05) is 24.3 Å². The van der Waals surface area contributed by atoms with Gasteiger partial charge in [0.05, 0.1) is 7.11 Å². The van der Waals surface area contributed by atoms with Crippen LogP contribution in [-0.4, -0.2) is 43.2 Å². The standard InChI is InChI=1S/C12H17NO3/c1-13(2)11(12(14)15)8-9-4-6-10(16-3)7-5-9/h4-7,11H,8H2,1-3H3,(H,14,15). The summed E-state index contributed by atoms with van der Waals surface area (Å²) in [5, 5.41) is 9.04. The van der Waals surface area contributed by atoms with Crippen LogP contribution in [0.25, 0.3) is 0 Å². The number of nitrogens with zero attached hydrogens (tertiary/aromatic N) is 1. The molecule has 1 atom stereocenters. The zero-order chi connectivity index (χ0) is 12.1. The third-order valence-corrected chi connectivity index (χ3v) is 2.50. The molecule has 0 amide bonds. The first-order valence-corrected chi connectivity index (χ1v) is 5.06. The number of carbonyl (C=O) groups is 1. The van der Waals surface area contributed by atoms with Gasteiger partial charge in [0.2, 0.25) is 0 Å². The van der Waals surface area contributed by atoms with Crippen LogP contribution in [0.3, 0.4) is 0 Å². The molecule has 0 bridgehead atoms. The number of carboxylic acid groups (broad SMARTS) is 1. The minimum Gasteiger partial charge on any atom is -0.497 e. The molecule has 0 radical (unpaired) electrons. The summed E-state index contributed by atoms with van der Waals surface area (Å²) in [6.45, 7) is 0. The number of aliphatic carboxylic acids is 1. The predicted molar refractivity (Wildman–Crippen MR) is 61.8 cm³/mol.